The number of carbonyl (C=O) groups is 2. The Hall–Kier alpha value is -1.90. The van der Waals surface area contributed by atoms with Crippen LogP contribution in [0.1, 0.15) is 34.6 Å². The van der Waals surface area contributed by atoms with Crippen LogP contribution in [0.4, 0.5) is 0 Å². The van der Waals surface area contributed by atoms with Crippen molar-refractivity contribution in [1.29, 1.82) is 0 Å². The number of rotatable bonds is 2. The standard InChI is InChI=1S/C13H12O3/c1-3-16-11-6-4-5-9-12(11)10(14)7-8(2)13(9)15/h4-7H,3H2,1-2H3. The predicted molar refractivity (Wildman–Crippen MR) is 60.0 cm³/mol. The van der Waals surface area contributed by atoms with Crippen molar-refractivity contribution in [1.82, 2.24) is 0 Å². The molecule has 3 nitrogen and oxygen atoms in total. The largest absolute Gasteiger partial charge is 0.493 e. The van der Waals surface area contributed by atoms with E-state index >= 15 is 0 Å². The molecule has 0 saturated heterocycles. The molecular weight excluding hydrogens is 204 g/mol. The van der Waals surface area contributed by atoms with E-state index in [-0.39, 0.29) is 11.6 Å². The number of Topliss-reactive ketones (excluding diaryl/α,β-unsaturated/α-hetero) is 1. The van der Waals surface area contributed by atoms with Crippen molar-refractivity contribution < 1.29 is 14.3 Å². The van der Waals surface area contributed by atoms with Crippen LogP contribution in [-0.4, -0.2) is 18.2 Å². The normalized spacial score (nSPS) is 14.5. The maximum atomic E-state index is 11.8. The van der Waals surface area contributed by atoms with E-state index in [2.05, 4.69) is 0 Å². The molecular formula is C13H12O3. The van der Waals surface area contributed by atoms with Crippen molar-refractivity contribution in [3.63, 3.8) is 0 Å². The second-order valence-corrected chi connectivity index (χ2v) is 3.63. The van der Waals surface area contributed by atoms with Crippen LogP contribution in [0, 0.1) is 0 Å². The molecule has 0 spiro atoms. The number of ketones is 2. The summed E-state index contributed by atoms with van der Waals surface area (Å²) in [6.07, 6.45) is 1.37. The Morgan fingerprint density at radius 3 is 2.69 bits per heavy atom. The molecule has 0 radical (unpaired) electrons. The van der Waals surface area contributed by atoms with Gasteiger partial charge < -0.3 is 4.74 Å². The molecule has 0 atom stereocenters. The molecule has 0 aliphatic heterocycles. The molecule has 1 aliphatic rings. The van der Waals surface area contributed by atoms with Gasteiger partial charge in [0.2, 0.25) is 0 Å². The summed E-state index contributed by atoms with van der Waals surface area (Å²) in [5.74, 6) is 0.231. The van der Waals surface area contributed by atoms with Crippen LogP contribution in [0.5, 0.6) is 5.75 Å². The number of allylic oxidation sites excluding steroid dienone is 2. The molecule has 1 aromatic rings. The lowest BCUT2D eigenvalue weighted by Gasteiger charge is -2.16. The van der Waals surface area contributed by atoms with Gasteiger partial charge in [0.05, 0.1) is 12.2 Å². The lowest BCUT2D eigenvalue weighted by molar-refractivity contribution is 0.0981. The van der Waals surface area contributed by atoms with E-state index < -0.39 is 0 Å². The number of hydrogen-bond donors (Lipinski definition) is 0. The second-order valence-electron chi connectivity index (χ2n) is 3.63. The highest BCUT2D eigenvalue weighted by Gasteiger charge is 2.26. The highest BCUT2D eigenvalue weighted by molar-refractivity contribution is 6.25. The SMILES string of the molecule is CCOc1cccc2c1C(=O)C=C(C)C2=O. The third-order valence-corrected chi connectivity index (χ3v) is 2.52. The molecule has 3 heteroatoms. The fourth-order valence-corrected chi connectivity index (χ4v) is 1.80. The van der Waals surface area contributed by atoms with E-state index in [4.69, 9.17) is 4.74 Å². The summed E-state index contributed by atoms with van der Waals surface area (Å²) in [5, 5.41) is 0. The van der Waals surface area contributed by atoms with Crippen LogP contribution in [0.25, 0.3) is 0 Å². The molecule has 1 aliphatic carbocycles. The van der Waals surface area contributed by atoms with Crippen molar-refractivity contribution in [3.05, 3.63) is 41.0 Å². The van der Waals surface area contributed by atoms with Crippen molar-refractivity contribution in [2.45, 2.75) is 13.8 Å². The minimum Gasteiger partial charge on any atom is -0.493 e. The van der Waals surface area contributed by atoms with Crippen LogP contribution in [0.3, 0.4) is 0 Å². The Kier molecular flexibility index (Phi) is 2.60. The highest BCUT2D eigenvalue weighted by atomic mass is 16.5. The van der Waals surface area contributed by atoms with Crippen LogP contribution in [0.15, 0.2) is 29.8 Å². The maximum absolute atomic E-state index is 11.8. The second kappa shape index (κ2) is 3.93. The molecule has 82 valence electrons. The van der Waals surface area contributed by atoms with Crippen LogP contribution in [-0.2, 0) is 0 Å². The molecule has 0 N–H and O–H groups in total. The summed E-state index contributed by atoms with van der Waals surface area (Å²) < 4.78 is 5.36. The zero-order valence-corrected chi connectivity index (χ0v) is 9.24. The first-order chi connectivity index (χ1) is 7.65. The Bertz CT molecular complexity index is 498. The van der Waals surface area contributed by atoms with Gasteiger partial charge >= 0.3 is 0 Å². The molecule has 0 bridgehead atoms. The molecule has 0 heterocycles. The van der Waals surface area contributed by atoms with Gasteiger partial charge in [0.1, 0.15) is 5.75 Å². The topological polar surface area (TPSA) is 43.4 Å². The Morgan fingerprint density at radius 2 is 2.00 bits per heavy atom. The summed E-state index contributed by atoms with van der Waals surface area (Å²) in [6.45, 7) is 3.97. The molecule has 16 heavy (non-hydrogen) atoms. The predicted octanol–water partition coefficient (Wildman–Crippen LogP) is 2.41. The smallest absolute Gasteiger partial charge is 0.190 e. The Morgan fingerprint density at radius 1 is 1.25 bits per heavy atom. The molecule has 1 aromatic carbocycles. The van der Waals surface area contributed by atoms with Crippen LogP contribution in [0.2, 0.25) is 0 Å². The molecule has 2 rings (SSSR count). The summed E-state index contributed by atoms with van der Waals surface area (Å²) in [6, 6.07) is 5.10. The summed E-state index contributed by atoms with van der Waals surface area (Å²) >= 11 is 0. The highest BCUT2D eigenvalue weighted by Crippen LogP contribution is 2.29. The van der Waals surface area contributed by atoms with Gasteiger partial charge in [0.15, 0.2) is 11.6 Å². The van der Waals surface area contributed by atoms with Gasteiger partial charge in [-0.05, 0) is 26.0 Å². The van der Waals surface area contributed by atoms with Gasteiger partial charge in [-0.3, -0.25) is 9.59 Å². The monoisotopic (exact) mass is 216 g/mol. The van der Waals surface area contributed by atoms with E-state index in [0.717, 1.165) is 0 Å². The zero-order chi connectivity index (χ0) is 11.7. The van der Waals surface area contributed by atoms with Crippen LogP contribution >= 0.6 is 0 Å². The first-order valence-electron chi connectivity index (χ1n) is 5.18. The summed E-state index contributed by atoms with van der Waals surface area (Å²) in [7, 11) is 0. The molecule has 0 saturated carbocycles. The van der Waals surface area contributed by atoms with Crippen molar-refractivity contribution in [2.24, 2.45) is 0 Å². The van der Waals surface area contributed by atoms with Gasteiger partial charge in [-0.15, -0.1) is 0 Å². The third-order valence-electron chi connectivity index (χ3n) is 2.52. The van der Waals surface area contributed by atoms with E-state index in [9.17, 15) is 9.59 Å². The number of hydrogen-bond acceptors (Lipinski definition) is 3. The molecule has 0 fully saturated rings. The number of ether oxygens (including phenoxy) is 1. The molecule has 0 amide bonds. The van der Waals surface area contributed by atoms with Gasteiger partial charge in [-0.25, -0.2) is 0 Å². The Balaban J connectivity index is 2.62. The van der Waals surface area contributed by atoms with Crippen molar-refractivity contribution in [2.75, 3.05) is 6.61 Å². The summed E-state index contributed by atoms with van der Waals surface area (Å²) in [5.41, 5.74) is 1.31. The first kappa shape index (κ1) is 10.6. The minimum atomic E-state index is -0.156. The third kappa shape index (κ3) is 1.54. The summed E-state index contributed by atoms with van der Waals surface area (Å²) in [4.78, 5) is 23.7. The van der Waals surface area contributed by atoms with Crippen molar-refractivity contribution in [3.8, 4) is 5.75 Å². The fourth-order valence-electron chi connectivity index (χ4n) is 1.80. The van der Waals surface area contributed by atoms with E-state index in [0.29, 0.717) is 29.1 Å². The molecule has 0 aromatic heterocycles. The van der Waals surface area contributed by atoms with E-state index in [1.54, 1.807) is 25.1 Å². The average molecular weight is 216 g/mol. The molecule has 0 unspecified atom stereocenters. The van der Waals surface area contributed by atoms with Crippen LogP contribution < -0.4 is 4.74 Å². The number of carbonyl (C=O) groups excluding carboxylic acids is 2. The maximum Gasteiger partial charge on any atom is 0.190 e. The quantitative estimate of drug-likeness (QED) is 0.762. The average Bonchev–Trinajstić information content (AvgIpc) is 2.26. The lowest BCUT2D eigenvalue weighted by atomic mass is 9.90. The zero-order valence-electron chi connectivity index (χ0n) is 9.24. The van der Waals surface area contributed by atoms with E-state index in [1.165, 1.54) is 6.08 Å². The van der Waals surface area contributed by atoms with Gasteiger partial charge in [0.25, 0.3) is 0 Å². The number of fused-ring (bicyclic) bond motifs is 1. The van der Waals surface area contributed by atoms with E-state index in [1.807, 2.05) is 6.92 Å². The fraction of sp³-hybridized carbons (Fsp3) is 0.231. The minimum absolute atomic E-state index is 0.101. The number of benzene rings is 1. The Labute approximate surface area is 93.7 Å². The van der Waals surface area contributed by atoms with Gasteiger partial charge in [-0.2, -0.15) is 0 Å². The lowest BCUT2D eigenvalue weighted by Crippen LogP contribution is -2.16. The first-order valence-corrected chi connectivity index (χ1v) is 5.18. The van der Waals surface area contributed by atoms with Crippen molar-refractivity contribution >= 4 is 11.6 Å². The van der Waals surface area contributed by atoms with Gasteiger partial charge in [-0.1, -0.05) is 12.1 Å². The van der Waals surface area contributed by atoms with Gasteiger partial charge in [0, 0.05) is 11.1 Å².